The van der Waals surface area contributed by atoms with Crippen LogP contribution in [0.3, 0.4) is 0 Å². The van der Waals surface area contributed by atoms with E-state index in [0.29, 0.717) is 0 Å². The van der Waals surface area contributed by atoms with E-state index >= 15 is 0 Å². The molecule has 1 rings (SSSR count). The van der Waals surface area contributed by atoms with Gasteiger partial charge in [-0.2, -0.15) is 0 Å². The molecule has 3 N–H and O–H groups in total. The zero-order valence-electron chi connectivity index (χ0n) is 8.46. The van der Waals surface area contributed by atoms with Crippen molar-refractivity contribution in [3.63, 3.8) is 0 Å². The van der Waals surface area contributed by atoms with Crippen molar-refractivity contribution >= 4 is 34.8 Å². The fraction of sp³-hybridized carbons (Fsp3) is 0.111. The van der Waals surface area contributed by atoms with Crippen molar-refractivity contribution in [2.45, 2.75) is 0 Å². The summed E-state index contributed by atoms with van der Waals surface area (Å²) in [5.41, 5.74) is 4.62. The molecule has 0 fully saturated rings. The second-order valence-electron chi connectivity index (χ2n) is 3.00. The first-order valence-electron chi connectivity index (χ1n) is 4.36. The Morgan fingerprint density at radius 1 is 1.59 bits per heavy atom. The number of carboxylic acid groups (broad SMARTS) is 1. The number of amidine groups is 1. The zero-order chi connectivity index (χ0) is 13.0. The highest BCUT2D eigenvalue weighted by Crippen LogP contribution is 2.24. The van der Waals surface area contributed by atoms with E-state index in [1.807, 2.05) is 0 Å². The van der Waals surface area contributed by atoms with Gasteiger partial charge in [0, 0.05) is 6.07 Å². The summed E-state index contributed by atoms with van der Waals surface area (Å²) >= 11 is 5.41. The summed E-state index contributed by atoms with van der Waals surface area (Å²) in [7, 11) is 0. The van der Waals surface area contributed by atoms with Crippen molar-refractivity contribution in [3.05, 3.63) is 33.9 Å². The summed E-state index contributed by atoms with van der Waals surface area (Å²) in [5.74, 6) is -1.32. The van der Waals surface area contributed by atoms with Crippen LogP contribution in [0.15, 0.2) is 23.2 Å². The van der Waals surface area contributed by atoms with Crippen LogP contribution >= 0.6 is 11.6 Å². The van der Waals surface area contributed by atoms with Gasteiger partial charge >= 0.3 is 5.97 Å². The maximum atomic E-state index is 10.8. The highest BCUT2D eigenvalue weighted by atomic mass is 35.5. The number of rotatable bonds is 4. The molecule has 0 atom stereocenters. The maximum absolute atomic E-state index is 10.8. The topological polar surface area (TPSA) is 119 Å². The van der Waals surface area contributed by atoms with E-state index in [1.54, 1.807) is 0 Å². The Kier molecular flexibility index (Phi) is 4.00. The van der Waals surface area contributed by atoms with Crippen LogP contribution in [-0.4, -0.2) is 27.7 Å². The van der Waals surface area contributed by atoms with Crippen molar-refractivity contribution in [2.75, 3.05) is 5.88 Å². The van der Waals surface area contributed by atoms with Crippen LogP contribution in [0.1, 0.15) is 10.4 Å². The normalized spacial score (nSPS) is 11.2. The van der Waals surface area contributed by atoms with Crippen molar-refractivity contribution in [1.29, 1.82) is 0 Å². The Bertz CT molecular complexity index is 501. The highest BCUT2D eigenvalue weighted by molar-refractivity contribution is 6.28. The van der Waals surface area contributed by atoms with Gasteiger partial charge < -0.3 is 10.8 Å². The molecule has 0 radical (unpaired) electrons. The lowest BCUT2D eigenvalue weighted by Gasteiger charge is -2.00. The van der Waals surface area contributed by atoms with E-state index in [-0.39, 0.29) is 17.4 Å². The number of aliphatic imine (C=N–C) groups is 1. The molecule has 0 amide bonds. The first-order chi connectivity index (χ1) is 7.95. The number of aromatic carboxylic acids is 1. The lowest BCUT2D eigenvalue weighted by molar-refractivity contribution is -0.385. The van der Waals surface area contributed by atoms with Crippen LogP contribution in [0.2, 0.25) is 0 Å². The van der Waals surface area contributed by atoms with Crippen molar-refractivity contribution in [1.82, 2.24) is 0 Å². The van der Waals surface area contributed by atoms with Gasteiger partial charge in [-0.15, -0.1) is 11.6 Å². The molecule has 0 bridgehead atoms. The molecule has 0 saturated carbocycles. The van der Waals surface area contributed by atoms with Gasteiger partial charge in [0.15, 0.2) is 0 Å². The van der Waals surface area contributed by atoms with Crippen LogP contribution in [-0.2, 0) is 0 Å². The van der Waals surface area contributed by atoms with Crippen molar-refractivity contribution < 1.29 is 14.8 Å². The van der Waals surface area contributed by atoms with Gasteiger partial charge in [0.1, 0.15) is 11.4 Å². The monoisotopic (exact) mass is 257 g/mol. The second-order valence-corrected chi connectivity index (χ2v) is 3.27. The van der Waals surface area contributed by atoms with E-state index < -0.39 is 22.1 Å². The number of nitrogens with two attached hydrogens (primary N) is 1. The standard InChI is InChI=1S/C9H8ClN3O4/c10-4-8(11)12-5-1-2-7(13(16)17)6(3-5)9(14)15/h1-3H,4H2,(H2,11,12)(H,14,15). The van der Waals surface area contributed by atoms with E-state index in [2.05, 4.69) is 4.99 Å². The summed E-state index contributed by atoms with van der Waals surface area (Å²) in [6, 6.07) is 3.42. The van der Waals surface area contributed by atoms with Gasteiger partial charge in [-0.25, -0.2) is 9.79 Å². The molecule has 0 aliphatic heterocycles. The van der Waals surface area contributed by atoms with Crippen molar-refractivity contribution in [2.24, 2.45) is 10.7 Å². The number of nitrogens with zero attached hydrogens (tertiary/aromatic N) is 2. The van der Waals surface area contributed by atoms with Crippen LogP contribution in [0.5, 0.6) is 0 Å². The number of halogens is 1. The molecule has 0 heterocycles. The van der Waals surface area contributed by atoms with E-state index in [0.717, 1.165) is 12.1 Å². The molecular weight excluding hydrogens is 250 g/mol. The molecule has 7 nitrogen and oxygen atoms in total. The number of alkyl halides is 1. The van der Waals surface area contributed by atoms with E-state index in [1.165, 1.54) is 6.07 Å². The maximum Gasteiger partial charge on any atom is 0.342 e. The molecule has 0 saturated heterocycles. The minimum Gasteiger partial charge on any atom is -0.477 e. The Morgan fingerprint density at radius 3 is 2.71 bits per heavy atom. The summed E-state index contributed by atoms with van der Waals surface area (Å²) in [6.07, 6.45) is 0. The number of carboxylic acids is 1. The minimum absolute atomic E-state index is 0.0145. The van der Waals surface area contributed by atoms with Crippen molar-refractivity contribution in [3.8, 4) is 0 Å². The molecule has 1 aromatic carbocycles. The third-order valence-corrected chi connectivity index (χ3v) is 2.09. The third kappa shape index (κ3) is 3.15. The van der Waals surface area contributed by atoms with Gasteiger partial charge in [0.2, 0.25) is 0 Å². The molecule has 17 heavy (non-hydrogen) atoms. The predicted octanol–water partition coefficient (Wildman–Crippen LogP) is 1.52. The third-order valence-electron chi connectivity index (χ3n) is 1.82. The number of hydrogen-bond acceptors (Lipinski definition) is 4. The Hall–Kier alpha value is -2.15. The number of carbonyl (C=O) groups is 1. The number of nitro benzene ring substituents is 1. The van der Waals surface area contributed by atoms with Gasteiger partial charge in [-0.3, -0.25) is 10.1 Å². The Labute approximate surface area is 101 Å². The summed E-state index contributed by atoms with van der Waals surface area (Å²) < 4.78 is 0. The SMILES string of the molecule is NC(CCl)=Nc1ccc([N+](=O)[O-])c(C(=O)O)c1. The molecule has 0 aliphatic carbocycles. The molecule has 0 aromatic heterocycles. The highest BCUT2D eigenvalue weighted by Gasteiger charge is 2.19. The minimum atomic E-state index is -1.40. The average Bonchev–Trinajstić information content (AvgIpc) is 2.28. The summed E-state index contributed by atoms with van der Waals surface area (Å²) in [6.45, 7) is 0. The van der Waals surface area contributed by atoms with Crippen LogP contribution in [0.25, 0.3) is 0 Å². The molecule has 8 heteroatoms. The smallest absolute Gasteiger partial charge is 0.342 e. The molecule has 0 aliphatic rings. The number of benzene rings is 1. The Balaban J connectivity index is 3.28. The first-order valence-corrected chi connectivity index (χ1v) is 4.90. The average molecular weight is 258 g/mol. The molecule has 0 unspecified atom stereocenters. The number of hydrogen-bond donors (Lipinski definition) is 2. The van der Waals surface area contributed by atoms with Gasteiger partial charge in [0.25, 0.3) is 5.69 Å². The van der Waals surface area contributed by atoms with Gasteiger partial charge in [-0.05, 0) is 12.1 Å². The van der Waals surface area contributed by atoms with E-state index in [4.69, 9.17) is 22.4 Å². The molecule has 1 aromatic rings. The van der Waals surface area contributed by atoms with Crippen LogP contribution in [0, 0.1) is 10.1 Å². The Morgan fingerprint density at radius 2 is 2.24 bits per heavy atom. The lowest BCUT2D eigenvalue weighted by atomic mass is 10.1. The fourth-order valence-corrected chi connectivity index (χ4v) is 1.18. The van der Waals surface area contributed by atoms with Gasteiger partial charge in [-0.1, -0.05) is 0 Å². The fourth-order valence-electron chi connectivity index (χ4n) is 1.12. The molecule has 90 valence electrons. The van der Waals surface area contributed by atoms with Crippen LogP contribution in [0.4, 0.5) is 11.4 Å². The quantitative estimate of drug-likeness (QED) is 0.279. The lowest BCUT2D eigenvalue weighted by Crippen LogP contribution is -2.12. The zero-order valence-corrected chi connectivity index (χ0v) is 9.22. The van der Waals surface area contributed by atoms with Gasteiger partial charge in [0.05, 0.1) is 16.5 Å². The van der Waals surface area contributed by atoms with E-state index in [9.17, 15) is 14.9 Å². The number of nitro groups is 1. The first kappa shape index (κ1) is 12.9. The summed E-state index contributed by atoms with van der Waals surface area (Å²) in [5, 5.41) is 19.4. The second kappa shape index (κ2) is 5.26. The molecular formula is C9H8ClN3O4. The largest absolute Gasteiger partial charge is 0.477 e. The molecule has 0 spiro atoms. The predicted molar refractivity (Wildman–Crippen MR) is 62.1 cm³/mol. The van der Waals surface area contributed by atoms with Crippen LogP contribution < -0.4 is 5.73 Å². The summed E-state index contributed by atoms with van der Waals surface area (Å²) in [4.78, 5) is 24.4.